The summed E-state index contributed by atoms with van der Waals surface area (Å²) in [6.07, 6.45) is 4.74. The van der Waals surface area contributed by atoms with Crippen LogP contribution in [-0.4, -0.2) is 59.2 Å². The number of anilines is 2. The molecule has 2 N–H and O–H groups in total. The summed E-state index contributed by atoms with van der Waals surface area (Å²) >= 11 is 1.48. The molecule has 0 radical (unpaired) electrons. The molecule has 1 saturated heterocycles. The molecule has 0 bridgehead atoms. The van der Waals surface area contributed by atoms with Gasteiger partial charge in [0.1, 0.15) is 23.0 Å². The van der Waals surface area contributed by atoms with Gasteiger partial charge >= 0.3 is 0 Å². The lowest BCUT2D eigenvalue weighted by atomic mass is 10.0. The molecule has 1 fully saturated rings. The van der Waals surface area contributed by atoms with Crippen LogP contribution in [0.1, 0.15) is 46.0 Å². The third-order valence-electron chi connectivity index (χ3n) is 6.19. The normalized spacial score (nSPS) is 14.1. The standard InChI is InChI=1S/C26H28N8OS/c1-3-21-22(13-27)24(34-10-4-9-33(2)11-12-34)32-26(23(21)14-28)36-17-18-5-7-19(8-6-18)25(35)31-20-15-29-30-16-20/h5-8,15-16H,3-4,9-12,17H2,1-2H3,(H,29,30)(H,31,35). The minimum atomic E-state index is -0.212. The molecule has 36 heavy (non-hydrogen) atoms. The number of carbonyl (C=O) groups excluding carboxylic acids is 1. The first-order valence-electron chi connectivity index (χ1n) is 11.9. The van der Waals surface area contributed by atoms with Crippen molar-refractivity contribution in [2.24, 2.45) is 0 Å². The number of pyridine rings is 1. The lowest BCUT2D eigenvalue weighted by Gasteiger charge is -2.25. The van der Waals surface area contributed by atoms with Crippen molar-refractivity contribution in [3.63, 3.8) is 0 Å². The van der Waals surface area contributed by atoms with E-state index in [1.165, 1.54) is 11.8 Å². The highest BCUT2D eigenvalue weighted by Gasteiger charge is 2.24. The Bertz CT molecular complexity index is 1290. The SMILES string of the molecule is CCc1c(C#N)c(SCc2ccc(C(=O)Nc3cn[nH]c3)cc2)nc(N2CCCN(C)CC2)c1C#N. The van der Waals surface area contributed by atoms with E-state index < -0.39 is 0 Å². The van der Waals surface area contributed by atoms with Gasteiger partial charge in [-0.05, 0) is 49.7 Å². The number of H-pyrrole nitrogens is 1. The molecule has 3 heterocycles. The highest BCUT2D eigenvalue weighted by atomic mass is 32.2. The Morgan fingerprint density at radius 1 is 1.14 bits per heavy atom. The predicted molar refractivity (Wildman–Crippen MR) is 140 cm³/mol. The van der Waals surface area contributed by atoms with Crippen LogP contribution in [0.2, 0.25) is 0 Å². The largest absolute Gasteiger partial charge is 0.354 e. The van der Waals surface area contributed by atoms with E-state index in [4.69, 9.17) is 4.98 Å². The highest BCUT2D eigenvalue weighted by Crippen LogP contribution is 2.33. The third kappa shape index (κ3) is 5.68. The summed E-state index contributed by atoms with van der Waals surface area (Å²) in [6, 6.07) is 12.0. The molecule has 3 aromatic rings. The first-order valence-corrected chi connectivity index (χ1v) is 12.8. The number of likely N-dealkylation sites (N-methyl/N-ethyl adjacent to an activating group) is 1. The summed E-state index contributed by atoms with van der Waals surface area (Å²) in [5.41, 5.74) is 3.90. The van der Waals surface area contributed by atoms with Crippen LogP contribution >= 0.6 is 11.8 Å². The number of thioether (sulfide) groups is 1. The highest BCUT2D eigenvalue weighted by molar-refractivity contribution is 7.98. The molecular weight excluding hydrogens is 472 g/mol. The van der Waals surface area contributed by atoms with Crippen molar-refractivity contribution >= 4 is 29.2 Å². The summed E-state index contributed by atoms with van der Waals surface area (Å²) in [5.74, 6) is 1.05. The van der Waals surface area contributed by atoms with Crippen molar-refractivity contribution in [2.45, 2.75) is 30.5 Å². The minimum Gasteiger partial charge on any atom is -0.354 e. The zero-order valence-corrected chi connectivity index (χ0v) is 21.2. The fourth-order valence-electron chi connectivity index (χ4n) is 4.20. The van der Waals surface area contributed by atoms with Gasteiger partial charge in [0.15, 0.2) is 0 Å². The average Bonchev–Trinajstić information content (AvgIpc) is 3.32. The van der Waals surface area contributed by atoms with Crippen LogP contribution in [0.5, 0.6) is 0 Å². The number of aromatic amines is 1. The van der Waals surface area contributed by atoms with Crippen molar-refractivity contribution in [2.75, 3.05) is 43.4 Å². The van der Waals surface area contributed by atoms with Gasteiger partial charge in [-0.15, -0.1) is 11.8 Å². The molecule has 184 valence electrons. The van der Waals surface area contributed by atoms with E-state index in [1.54, 1.807) is 24.5 Å². The average molecular weight is 501 g/mol. The van der Waals surface area contributed by atoms with Gasteiger partial charge in [0.05, 0.1) is 23.0 Å². The predicted octanol–water partition coefficient (Wildman–Crippen LogP) is 3.80. The van der Waals surface area contributed by atoms with Gasteiger partial charge in [-0.1, -0.05) is 19.1 Å². The Hall–Kier alpha value is -3.86. The van der Waals surface area contributed by atoms with E-state index in [9.17, 15) is 15.3 Å². The molecule has 0 aliphatic carbocycles. The van der Waals surface area contributed by atoms with E-state index in [2.05, 4.69) is 44.5 Å². The van der Waals surface area contributed by atoms with E-state index in [0.717, 1.165) is 43.7 Å². The van der Waals surface area contributed by atoms with Gasteiger partial charge in [-0.2, -0.15) is 15.6 Å². The molecule has 0 saturated carbocycles. The van der Waals surface area contributed by atoms with Gasteiger partial charge in [-0.3, -0.25) is 9.89 Å². The zero-order chi connectivity index (χ0) is 25.5. The Morgan fingerprint density at radius 2 is 1.92 bits per heavy atom. The third-order valence-corrected chi connectivity index (χ3v) is 7.24. The number of aromatic nitrogens is 3. The minimum absolute atomic E-state index is 0.212. The molecule has 0 atom stereocenters. The van der Waals surface area contributed by atoms with Crippen LogP contribution in [0.4, 0.5) is 11.5 Å². The number of carbonyl (C=O) groups is 1. The molecule has 1 aromatic carbocycles. The summed E-state index contributed by atoms with van der Waals surface area (Å²) < 4.78 is 0. The molecule has 10 heteroatoms. The van der Waals surface area contributed by atoms with E-state index >= 15 is 0 Å². The van der Waals surface area contributed by atoms with Crippen LogP contribution in [0.15, 0.2) is 41.7 Å². The molecule has 9 nitrogen and oxygen atoms in total. The molecule has 1 amide bonds. The Kier molecular flexibility index (Phi) is 8.21. The van der Waals surface area contributed by atoms with E-state index in [1.807, 2.05) is 19.1 Å². The second-order valence-electron chi connectivity index (χ2n) is 8.62. The van der Waals surface area contributed by atoms with Crippen molar-refractivity contribution in [3.05, 3.63) is 64.5 Å². The molecule has 0 spiro atoms. The van der Waals surface area contributed by atoms with Crippen molar-refractivity contribution in [1.82, 2.24) is 20.1 Å². The fraction of sp³-hybridized carbons (Fsp3) is 0.346. The van der Waals surface area contributed by atoms with Crippen molar-refractivity contribution in [3.8, 4) is 12.1 Å². The van der Waals surface area contributed by atoms with Gasteiger partial charge in [-0.25, -0.2) is 4.98 Å². The van der Waals surface area contributed by atoms with Gasteiger partial charge in [0, 0.05) is 37.1 Å². The first-order chi connectivity index (χ1) is 17.5. The maximum absolute atomic E-state index is 12.4. The fourth-order valence-corrected chi connectivity index (χ4v) is 5.16. The number of nitrogens with one attached hydrogen (secondary N) is 2. The number of hydrogen-bond acceptors (Lipinski definition) is 8. The summed E-state index contributed by atoms with van der Waals surface area (Å²) in [5, 5.41) is 29.8. The monoisotopic (exact) mass is 500 g/mol. The molecule has 0 unspecified atom stereocenters. The van der Waals surface area contributed by atoms with Crippen LogP contribution in [0, 0.1) is 22.7 Å². The quantitative estimate of drug-likeness (QED) is 0.470. The van der Waals surface area contributed by atoms with E-state index in [0.29, 0.717) is 45.4 Å². The summed E-state index contributed by atoms with van der Waals surface area (Å²) in [7, 11) is 2.10. The zero-order valence-electron chi connectivity index (χ0n) is 20.4. The van der Waals surface area contributed by atoms with Gasteiger partial charge in [0.2, 0.25) is 0 Å². The van der Waals surface area contributed by atoms with Crippen LogP contribution in [0.3, 0.4) is 0 Å². The Morgan fingerprint density at radius 3 is 2.58 bits per heavy atom. The summed E-state index contributed by atoms with van der Waals surface area (Å²) in [4.78, 5) is 21.7. The molecule has 1 aliphatic rings. The van der Waals surface area contributed by atoms with E-state index in [-0.39, 0.29) is 5.91 Å². The smallest absolute Gasteiger partial charge is 0.255 e. The molecule has 2 aromatic heterocycles. The molecule has 1 aliphatic heterocycles. The van der Waals surface area contributed by atoms with Gasteiger partial charge < -0.3 is 15.1 Å². The van der Waals surface area contributed by atoms with Crippen LogP contribution in [0.25, 0.3) is 0 Å². The van der Waals surface area contributed by atoms with Crippen LogP contribution in [-0.2, 0) is 12.2 Å². The molecule has 4 rings (SSSR count). The second-order valence-corrected chi connectivity index (χ2v) is 9.58. The summed E-state index contributed by atoms with van der Waals surface area (Å²) in [6.45, 7) is 5.50. The number of benzene rings is 1. The maximum Gasteiger partial charge on any atom is 0.255 e. The molecular formula is C26H28N8OS. The van der Waals surface area contributed by atoms with Crippen molar-refractivity contribution < 1.29 is 4.79 Å². The lowest BCUT2D eigenvalue weighted by Crippen LogP contribution is -2.30. The number of hydrogen-bond donors (Lipinski definition) is 2. The van der Waals surface area contributed by atoms with Gasteiger partial charge in [0.25, 0.3) is 5.91 Å². The maximum atomic E-state index is 12.4. The van der Waals surface area contributed by atoms with Crippen LogP contribution < -0.4 is 10.2 Å². The Labute approximate surface area is 215 Å². The first kappa shape index (κ1) is 25.2. The van der Waals surface area contributed by atoms with Crippen molar-refractivity contribution in [1.29, 1.82) is 10.5 Å². The Balaban J connectivity index is 1.55. The second kappa shape index (κ2) is 11.7. The topological polar surface area (TPSA) is 125 Å². The number of rotatable bonds is 7. The number of nitrogens with zero attached hydrogens (tertiary/aromatic N) is 6. The number of nitriles is 2. The number of amides is 1. The lowest BCUT2D eigenvalue weighted by molar-refractivity contribution is 0.102.